The summed E-state index contributed by atoms with van der Waals surface area (Å²) in [6.07, 6.45) is 1.21. The van der Waals surface area contributed by atoms with Crippen molar-refractivity contribution in [2.75, 3.05) is 18.0 Å². The highest BCUT2D eigenvalue weighted by molar-refractivity contribution is 5.75. The van der Waals surface area contributed by atoms with Gasteiger partial charge in [-0.3, -0.25) is 14.6 Å². The average Bonchev–Trinajstić information content (AvgIpc) is 2.28. The number of hydrogen-bond acceptors (Lipinski definition) is 5. The Morgan fingerprint density at radius 2 is 2.22 bits per heavy atom. The summed E-state index contributed by atoms with van der Waals surface area (Å²) in [7, 11) is 0. The molecular formula is C10H14N4O4. The van der Waals surface area contributed by atoms with E-state index in [4.69, 9.17) is 0 Å². The van der Waals surface area contributed by atoms with Crippen LogP contribution in [0.1, 0.15) is 19.8 Å². The smallest absolute Gasteiger partial charge is 0.342 e. The van der Waals surface area contributed by atoms with Gasteiger partial charge in [0.1, 0.15) is 0 Å². The molecule has 0 aliphatic carbocycles. The van der Waals surface area contributed by atoms with Crippen molar-refractivity contribution in [1.29, 1.82) is 0 Å². The molecule has 8 heteroatoms. The van der Waals surface area contributed by atoms with Crippen molar-refractivity contribution in [3.8, 4) is 0 Å². The number of nitrogens with one attached hydrogen (secondary N) is 2. The molecule has 0 bridgehead atoms. The van der Waals surface area contributed by atoms with E-state index in [0.717, 1.165) is 0 Å². The van der Waals surface area contributed by atoms with Gasteiger partial charge in [0.05, 0.1) is 5.41 Å². The molecule has 0 amide bonds. The molecule has 1 fully saturated rings. The molecular weight excluding hydrogens is 240 g/mol. The topological polar surface area (TPSA) is 119 Å². The van der Waals surface area contributed by atoms with Crippen molar-refractivity contribution in [3.63, 3.8) is 0 Å². The Balaban J connectivity index is 2.32. The van der Waals surface area contributed by atoms with E-state index < -0.39 is 22.6 Å². The van der Waals surface area contributed by atoms with Crippen LogP contribution in [0.15, 0.2) is 9.59 Å². The Morgan fingerprint density at radius 1 is 1.50 bits per heavy atom. The van der Waals surface area contributed by atoms with Gasteiger partial charge in [0.2, 0.25) is 5.82 Å². The van der Waals surface area contributed by atoms with Crippen molar-refractivity contribution < 1.29 is 9.90 Å². The lowest BCUT2D eigenvalue weighted by Crippen LogP contribution is -2.48. The molecule has 3 N–H and O–H groups in total. The second-order valence-corrected chi connectivity index (χ2v) is 4.72. The molecule has 1 aliphatic heterocycles. The van der Waals surface area contributed by atoms with E-state index in [0.29, 0.717) is 19.4 Å². The molecule has 2 rings (SSSR count). The van der Waals surface area contributed by atoms with Gasteiger partial charge in [0.25, 0.3) is 5.56 Å². The highest BCUT2D eigenvalue weighted by atomic mass is 16.4. The fourth-order valence-corrected chi connectivity index (χ4v) is 2.15. The van der Waals surface area contributed by atoms with Crippen LogP contribution in [0.4, 0.5) is 5.82 Å². The fraction of sp³-hybridized carbons (Fsp3) is 0.600. The summed E-state index contributed by atoms with van der Waals surface area (Å²) < 4.78 is 0. The largest absolute Gasteiger partial charge is 0.481 e. The number of aromatic amines is 2. The molecule has 1 saturated heterocycles. The minimum Gasteiger partial charge on any atom is -0.481 e. The number of carbonyl (C=O) groups is 1. The third kappa shape index (κ3) is 2.13. The predicted molar refractivity (Wildman–Crippen MR) is 62.7 cm³/mol. The number of aromatic nitrogens is 3. The molecule has 1 aromatic heterocycles. The van der Waals surface area contributed by atoms with Crippen LogP contribution in [0.3, 0.4) is 0 Å². The predicted octanol–water partition coefficient (Wildman–Crippen LogP) is -0.851. The Labute approximate surface area is 102 Å². The number of rotatable bonds is 2. The van der Waals surface area contributed by atoms with Crippen molar-refractivity contribution >= 4 is 11.8 Å². The van der Waals surface area contributed by atoms with E-state index in [1.165, 1.54) is 0 Å². The van der Waals surface area contributed by atoms with Crippen molar-refractivity contribution in [3.05, 3.63) is 20.8 Å². The zero-order chi connectivity index (χ0) is 13.3. The summed E-state index contributed by atoms with van der Waals surface area (Å²) >= 11 is 0. The minimum atomic E-state index is -0.900. The van der Waals surface area contributed by atoms with Crippen LogP contribution < -0.4 is 16.1 Å². The van der Waals surface area contributed by atoms with Gasteiger partial charge in [-0.2, -0.15) is 0 Å². The van der Waals surface area contributed by atoms with E-state index >= 15 is 0 Å². The molecule has 98 valence electrons. The summed E-state index contributed by atoms with van der Waals surface area (Å²) in [5.74, 6) is -0.838. The van der Waals surface area contributed by atoms with Crippen LogP contribution in [-0.2, 0) is 4.79 Å². The van der Waals surface area contributed by atoms with E-state index in [1.54, 1.807) is 11.8 Å². The van der Waals surface area contributed by atoms with Gasteiger partial charge in [0, 0.05) is 13.1 Å². The Morgan fingerprint density at radius 3 is 2.83 bits per heavy atom. The number of piperidine rings is 1. The first-order valence-corrected chi connectivity index (χ1v) is 5.60. The Kier molecular flexibility index (Phi) is 2.93. The molecule has 1 unspecified atom stereocenters. The summed E-state index contributed by atoms with van der Waals surface area (Å²) in [4.78, 5) is 37.3. The molecule has 1 aromatic rings. The molecule has 0 saturated carbocycles. The number of hydrogen-bond donors (Lipinski definition) is 3. The van der Waals surface area contributed by atoms with E-state index in [9.17, 15) is 19.5 Å². The summed E-state index contributed by atoms with van der Waals surface area (Å²) in [5.41, 5.74) is -2.18. The van der Waals surface area contributed by atoms with Crippen LogP contribution in [0.2, 0.25) is 0 Å². The maximum absolute atomic E-state index is 11.6. The van der Waals surface area contributed by atoms with E-state index in [2.05, 4.69) is 15.2 Å². The van der Waals surface area contributed by atoms with Gasteiger partial charge in [0.15, 0.2) is 0 Å². The highest BCUT2D eigenvalue weighted by Gasteiger charge is 2.38. The zero-order valence-corrected chi connectivity index (χ0v) is 9.89. The molecule has 0 radical (unpaired) electrons. The lowest BCUT2D eigenvalue weighted by atomic mass is 9.82. The Hall–Kier alpha value is -2.12. The van der Waals surface area contributed by atoms with Crippen LogP contribution >= 0.6 is 0 Å². The maximum atomic E-state index is 11.6. The van der Waals surface area contributed by atoms with Gasteiger partial charge in [-0.25, -0.2) is 9.89 Å². The highest BCUT2D eigenvalue weighted by Crippen LogP contribution is 2.30. The summed E-state index contributed by atoms with van der Waals surface area (Å²) in [6.45, 7) is 2.39. The molecule has 0 aromatic carbocycles. The van der Waals surface area contributed by atoms with Crippen molar-refractivity contribution in [2.24, 2.45) is 5.41 Å². The van der Waals surface area contributed by atoms with Crippen molar-refractivity contribution in [1.82, 2.24) is 15.2 Å². The van der Waals surface area contributed by atoms with Crippen LogP contribution in [0.5, 0.6) is 0 Å². The van der Waals surface area contributed by atoms with Crippen molar-refractivity contribution in [2.45, 2.75) is 19.8 Å². The van der Waals surface area contributed by atoms with Crippen LogP contribution in [0, 0.1) is 5.41 Å². The normalized spacial score (nSPS) is 23.9. The number of carboxylic acid groups (broad SMARTS) is 1. The molecule has 1 atom stereocenters. The monoisotopic (exact) mass is 254 g/mol. The molecule has 0 spiro atoms. The summed E-state index contributed by atoms with van der Waals surface area (Å²) in [5, 5.41) is 15.0. The standard InChI is InChI=1S/C10H14N4O4/c1-10(8(16)17)3-2-4-14(5-10)6-7(15)11-9(18)13-12-6/h2-5H2,1H3,(H,16,17)(H2,11,13,15,18). The minimum absolute atomic E-state index is 0.0572. The molecule has 1 aliphatic rings. The molecule has 18 heavy (non-hydrogen) atoms. The SMILES string of the molecule is CC1(C(=O)O)CCCN(c2n[nH]c(=O)[nH]c2=O)C1. The van der Waals surface area contributed by atoms with Crippen LogP contribution in [0.25, 0.3) is 0 Å². The van der Waals surface area contributed by atoms with Gasteiger partial charge in [-0.05, 0) is 19.8 Å². The second kappa shape index (κ2) is 4.28. The first-order chi connectivity index (χ1) is 8.42. The van der Waals surface area contributed by atoms with Crippen LogP contribution in [-0.4, -0.2) is 39.3 Å². The summed E-state index contributed by atoms with van der Waals surface area (Å²) in [6, 6.07) is 0. The van der Waals surface area contributed by atoms with Gasteiger partial charge in [-0.15, -0.1) is 5.10 Å². The molecule has 8 nitrogen and oxygen atoms in total. The lowest BCUT2D eigenvalue weighted by Gasteiger charge is -2.37. The van der Waals surface area contributed by atoms with E-state index in [-0.39, 0.29) is 12.4 Å². The van der Waals surface area contributed by atoms with Gasteiger partial charge in [-0.1, -0.05) is 0 Å². The van der Waals surface area contributed by atoms with Gasteiger partial charge >= 0.3 is 11.7 Å². The quantitative estimate of drug-likeness (QED) is 0.632. The molecule has 2 heterocycles. The van der Waals surface area contributed by atoms with Gasteiger partial charge < -0.3 is 10.0 Å². The first-order valence-electron chi connectivity index (χ1n) is 5.60. The third-order valence-electron chi connectivity index (χ3n) is 3.21. The lowest BCUT2D eigenvalue weighted by molar-refractivity contribution is -0.148. The maximum Gasteiger partial charge on any atom is 0.342 e. The number of carboxylic acids is 1. The second-order valence-electron chi connectivity index (χ2n) is 4.72. The average molecular weight is 254 g/mol. The number of H-pyrrole nitrogens is 2. The zero-order valence-electron chi connectivity index (χ0n) is 9.89. The number of anilines is 1. The third-order valence-corrected chi connectivity index (χ3v) is 3.21. The Bertz CT molecular complexity index is 578. The number of nitrogens with zero attached hydrogens (tertiary/aromatic N) is 2. The fourth-order valence-electron chi connectivity index (χ4n) is 2.15. The first kappa shape index (κ1) is 12.3. The number of aliphatic carboxylic acids is 1. The van der Waals surface area contributed by atoms with E-state index in [1.807, 2.05) is 0 Å².